The van der Waals surface area contributed by atoms with Gasteiger partial charge in [-0.05, 0) is 22.5 Å². The standard InChI is InChI=1S/C16H25O3P/c1-8-20(17)18-13-10-11(15(2,3)4)9-12(14(13)19-20)16(5,6)7/h9-10H,8H2,1-7H3/t20-/m1/s1. The second kappa shape index (κ2) is 4.53. The van der Waals surface area contributed by atoms with Gasteiger partial charge in [-0.2, -0.15) is 0 Å². The molecule has 0 spiro atoms. The van der Waals surface area contributed by atoms with Crippen molar-refractivity contribution in [3.8, 4) is 11.5 Å². The van der Waals surface area contributed by atoms with Crippen LogP contribution in [0.2, 0.25) is 0 Å². The van der Waals surface area contributed by atoms with Crippen LogP contribution in [0.25, 0.3) is 0 Å². The lowest BCUT2D eigenvalue weighted by Gasteiger charge is -2.25. The zero-order valence-electron chi connectivity index (χ0n) is 13.5. The molecular weight excluding hydrogens is 271 g/mol. The summed E-state index contributed by atoms with van der Waals surface area (Å²) in [5.74, 6) is 1.29. The number of rotatable bonds is 1. The third kappa shape index (κ3) is 2.74. The average molecular weight is 296 g/mol. The molecule has 0 bridgehead atoms. The molecule has 2 rings (SSSR count). The van der Waals surface area contributed by atoms with Crippen molar-refractivity contribution in [2.45, 2.75) is 59.3 Å². The van der Waals surface area contributed by atoms with Crippen molar-refractivity contribution in [2.75, 3.05) is 6.16 Å². The van der Waals surface area contributed by atoms with E-state index in [0.717, 1.165) is 5.56 Å². The Labute approximate surface area is 122 Å². The van der Waals surface area contributed by atoms with Crippen molar-refractivity contribution in [1.29, 1.82) is 0 Å². The maximum Gasteiger partial charge on any atom is 0.430 e. The largest absolute Gasteiger partial charge is 0.430 e. The van der Waals surface area contributed by atoms with E-state index >= 15 is 0 Å². The highest BCUT2D eigenvalue weighted by Gasteiger charge is 2.39. The lowest BCUT2D eigenvalue weighted by atomic mass is 9.80. The van der Waals surface area contributed by atoms with Gasteiger partial charge in [-0.15, -0.1) is 0 Å². The van der Waals surface area contributed by atoms with Crippen molar-refractivity contribution in [3.05, 3.63) is 23.3 Å². The second-order valence-corrected chi connectivity index (χ2v) is 9.68. The molecule has 0 aliphatic carbocycles. The molecule has 1 aromatic carbocycles. The highest BCUT2D eigenvalue weighted by atomic mass is 31.2. The molecule has 0 unspecified atom stereocenters. The summed E-state index contributed by atoms with van der Waals surface area (Å²) in [5.41, 5.74) is 2.16. The number of fused-ring (bicyclic) bond motifs is 1. The molecule has 3 nitrogen and oxygen atoms in total. The quantitative estimate of drug-likeness (QED) is 0.663. The van der Waals surface area contributed by atoms with Gasteiger partial charge in [0.15, 0.2) is 11.5 Å². The molecule has 0 radical (unpaired) electrons. The third-order valence-corrected chi connectivity index (χ3v) is 5.29. The van der Waals surface area contributed by atoms with Crippen LogP contribution in [0.4, 0.5) is 0 Å². The molecule has 0 N–H and O–H groups in total. The number of hydrogen-bond donors (Lipinski definition) is 0. The molecule has 1 heterocycles. The van der Waals surface area contributed by atoms with Gasteiger partial charge in [-0.1, -0.05) is 54.5 Å². The monoisotopic (exact) mass is 296 g/mol. The molecule has 4 heteroatoms. The van der Waals surface area contributed by atoms with E-state index in [1.165, 1.54) is 5.56 Å². The zero-order valence-corrected chi connectivity index (χ0v) is 14.4. The summed E-state index contributed by atoms with van der Waals surface area (Å²) in [6.45, 7) is 14.7. The smallest absolute Gasteiger partial charge is 0.412 e. The molecule has 0 amide bonds. The molecule has 1 aromatic rings. The first kappa shape index (κ1) is 15.4. The molecule has 0 saturated heterocycles. The van der Waals surface area contributed by atoms with Gasteiger partial charge in [0.05, 0.1) is 6.16 Å². The van der Waals surface area contributed by atoms with E-state index in [4.69, 9.17) is 9.05 Å². The fourth-order valence-electron chi connectivity index (χ4n) is 2.19. The molecule has 1 atom stereocenters. The normalized spacial score (nSPS) is 22.1. The van der Waals surface area contributed by atoms with Crippen LogP contribution in [0, 0.1) is 0 Å². The predicted octanol–water partition coefficient (Wildman–Crippen LogP) is 5.27. The van der Waals surface area contributed by atoms with Crippen LogP contribution in [0.15, 0.2) is 12.1 Å². The molecular formula is C16H25O3P. The van der Waals surface area contributed by atoms with Crippen LogP contribution in [-0.4, -0.2) is 6.16 Å². The van der Waals surface area contributed by atoms with Crippen LogP contribution in [0.1, 0.15) is 59.6 Å². The summed E-state index contributed by atoms with van der Waals surface area (Å²) < 4.78 is 23.8. The topological polar surface area (TPSA) is 35.5 Å². The Bertz CT molecular complexity index is 577. The average Bonchev–Trinajstić information content (AvgIpc) is 2.62. The first-order valence-electron chi connectivity index (χ1n) is 7.13. The van der Waals surface area contributed by atoms with Gasteiger partial charge in [-0.25, -0.2) is 4.57 Å². The van der Waals surface area contributed by atoms with E-state index < -0.39 is 7.60 Å². The lowest BCUT2D eigenvalue weighted by Crippen LogP contribution is -2.16. The van der Waals surface area contributed by atoms with Gasteiger partial charge >= 0.3 is 7.60 Å². The van der Waals surface area contributed by atoms with E-state index in [0.29, 0.717) is 17.7 Å². The Morgan fingerprint density at radius 2 is 1.60 bits per heavy atom. The molecule has 1 aliphatic heterocycles. The minimum Gasteiger partial charge on any atom is -0.412 e. The molecule has 0 fully saturated rings. The van der Waals surface area contributed by atoms with Crippen molar-refractivity contribution in [2.24, 2.45) is 0 Å². The zero-order chi connectivity index (χ0) is 15.3. The molecule has 112 valence electrons. The molecule has 20 heavy (non-hydrogen) atoms. The van der Waals surface area contributed by atoms with Crippen LogP contribution in [-0.2, 0) is 15.4 Å². The van der Waals surface area contributed by atoms with Crippen molar-refractivity contribution in [3.63, 3.8) is 0 Å². The SMILES string of the molecule is CC[P@@]1(=O)Oc2cc(C(C)(C)C)cc(C(C)(C)C)c2O1. The summed E-state index contributed by atoms with van der Waals surface area (Å²) >= 11 is 0. The van der Waals surface area contributed by atoms with Crippen LogP contribution < -0.4 is 9.05 Å². The summed E-state index contributed by atoms with van der Waals surface area (Å²) in [6, 6.07) is 4.13. The van der Waals surface area contributed by atoms with E-state index in [1.54, 1.807) is 0 Å². The molecule has 0 aromatic heterocycles. The van der Waals surface area contributed by atoms with Crippen LogP contribution in [0.3, 0.4) is 0 Å². The van der Waals surface area contributed by atoms with E-state index in [1.807, 2.05) is 13.0 Å². The van der Waals surface area contributed by atoms with Crippen LogP contribution in [0.5, 0.6) is 11.5 Å². The Morgan fingerprint density at radius 3 is 2.05 bits per heavy atom. The summed E-state index contributed by atoms with van der Waals surface area (Å²) in [4.78, 5) is 0. The van der Waals surface area contributed by atoms with Gasteiger partial charge in [0.1, 0.15) is 0 Å². The summed E-state index contributed by atoms with van der Waals surface area (Å²) in [6.07, 6.45) is 0.385. The first-order chi connectivity index (χ1) is 8.96. The lowest BCUT2D eigenvalue weighted by molar-refractivity contribution is 0.429. The first-order valence-corrected chi connectivity index (χ1v) is 8.86. The Hall–Kier alpha value is -0.950. The fourth-order valence-corrected chi connectivity index (χ4v) is 3.39. The molecule has 1 aliphatic rings. The maximum absolute atomic E-state index is 12.4. The van der Waals surface area contributed by atoms with E-state index in [2.05, 4.69) is 47.6 Å². The van der Waals surface area contributed by atoms with Gasteiger partial charge in [-0.3, -0.25) is 0 Å². The van der Waals surface area contributed by atoms with Crippen molar-refractivity contribution >= 4 is 7.60 Å². The minimum absolute atomic E-state index is 0.0111. The van der Waals surface area contributed by atoms with E-state index in [9.17, 15) is 4.57 Å². The van der Waals surface area contributed by atoms with E-state index in [-0.39, 0.29) is 10.8 Å². The fraction of sp³-hybridized carbons (Fsp3) is 0.625. The van der Waals surface area contributed by atoms with Gasteiger partial charge < -0.3 is 9.05 Å². The van der Waals surface area contributed by atoms with Gasteiger partial charge in [0.2, 0.25) is 0 Å². The second-order valence-electron chi connectivity index (χ2n) is 7.46. The van der Waals surface area contributed by atoms with Crippen molar-refractivity contribution < 1.29 is 13.6 Å². The summed E-state index contributed by atoms with van der Waals surface area (Å²) in [7, 11) is -3.00. The predicted molar refractivity (Wildman–Crippen MR) is 83.2 cm³/mol. The minimum atomic E-state index is -3.00. The van der Waals surface area contributed by atoms with Gasteiger partial charge in [0.25, 0.3) is 0 Å². The Balaban J connectivity index is 2.65. The van der Waals surface area contributed by atoms with Gasteiger partial charge in [0, 0.05) is 5.56 Å². The Morgan fingerprint density at radius 1 is 1.00 bits per heavy atom. The number of hydrogen-bond acceptors (Lipinski definition) is 3. The molecule has 0 saturated carbocycles. The Kier molecular flexibility index (Phi) is 3.49. The highest BCUT2D eigenvalue weighted by Crippen LogP contribution is 2.61. The van der Waals surface area contributed by atoms with Crippen LogP contribution >= 0.6 is 7.60 Å². The number of benzene rings is 1. The summed E-state index contributed by atoms with van der Waals surface area (Å²) in [5, 5.41) is 0. The highest BCUT2D eigenvalue weighted by molar-refractivity contribution is 7.55. The maximum atomic E-state index is 12.4. The van der Waals surface area contributed by atoms with Crippen molar-refractivity contribution in [1.82, 2.24) is 0 Å². The third-order valence-electron chi connectivity index (χ3n) is 3.58.